The third-order valence-corrected chi connectivity index (χ3v) is 6.36. The molecule has 4 nitrogen and oxygen atoms in total. The fraction of sp³-hybridized carbons (Fsp3) is 0.667. The van der Waals surface area contributed by atoms with Gasteiger partial charge in [0.1, 0.15) is 0 Å². The first-order valence-corrected chi connectivity index (χ1v) is 8.61. The third-order valence-electron chi connectivity index (χ3n) is 3.16. The van der Waals surface area contributed by atoms with Gasteiger partial charge in [-0.3, -0.25) is 0 Å². The van der Waals surface area contributed by atoms with Gasteiger partial charge in [0.2, 0.25) is 10.0 Å². The van der Waals surface area contributed by atoms with Gasteiger partial charge in [-0.15, -0.1) is 11.3 Å². The molecule has 0 radical (unpaired) electrons. The Labute approximate surface area is 113 Å². The number of rotatable bonds is 5. The van der Waals surface area contributed by atoms with Crippen molar-refractivity contribution < 1.29 is 8.42 Å². The molecule has 0 aromatic carbocycles. The van der Waals surface area contributed by atoms with Crippen molar-refractivity contribution in [1.82, 2.24) is 9.62 Å². The molecule has 0 aliphatic carbocycles. The molecule has 0 unspecified atom stereocenters. The molecule has 18 heavy (non-hydrogen) atoms. The number of hydrogen-bond donors (Lipinski definition) is 1. The average molecular weight is 288 g/mol. The fourth-order valence-corrected chi connectivity index (χ4v) is 5.27. The Bertz CT molecular complexity index is 502. The van der Waals surface area contributed by atoms with E-state index in [2.05, 4.69) is 5.32 Å². The molecule has 102 valence electrons. The zero-order valence-corrected chi connectivity index (χ0v) is 12.5. The van der Waals surface area contributed by atoms with E-state index < -0.39 is 10.0 Å². The maximum Gasteiger partial charge on any atom is 0.244 e. The summed E-state index contributed by atoms with van der Waals surface area (Å²) in [6.45, 7) is 6.91. The minimum absolute atomic E-state index is 0.502. The van der Waals surface area contributed by atoms with Gasteiger partial charge < -0.3 is 5.32 Å². The molecule has 0 amide bonds. The minimum atomic E-state index is -3.26. The second-order valence-electron chi connectivity index (χ2n) is 4.52. The number of sulfonamides is 1. The van der Waals surface area contributed by atoms with Gasteiger partial charge in [-0.25, -0.2) is 8.42 Å². The summed E-state index contributed by atoms with van der Waals surface area (Å²) >= 11 is 1.57. The van der Waals surface area contributed by atoms with Gasteiger partial charge in [0.25, 0.3) is 0 Å². The summed E-state index contributed by atoms with van der Waals surface area (Å²) in [7, 11) is -3.26. The van der Waals surface area contributed by atoms with E-state index in [1.165, 1.54) is 0 Å². The van der Waals surface area contributed by atoms with Gasteiger partial charge in [0.05, 0.1) is 4.90 Å². The number of hydrogen-bond acceptors (Lipinski definition) is 4. The second-order valence-corrected chi connectivity index (χ2v) is 7.77. The summed E-state index contributed by atoms with van der Waals surface area (Å²) in [5.74, 6) is 0. The largest absolute Gasteiger partial charge is 0.312 e. The Morgan fingerprint density at radius 3 is 2.67 bits per heavy atom. The van der Waals surface area contributed by atoms with Gasteiger partial charge in [0, 0.05) is 29.4 Å². The average Bonchev–Trinajstić information content (AvgIpc) is 2.95. The zero-order valence-electron chi connectivity index (χ0n) is 10.9. The molecule has 1 fully saturated rings. The first kappa shape index (κ1) is 14.0. The first-order chi connectivity index (χ1) is 8.55. The molecule has 2 heterocycles. The summed E-state index contributed by atoms with van der Waals surface area (Å²) < 4.78 is 26.5. The third kappa shape index (κ3) is 2.77. The Hall–Kier alpha value is -0.430. The standard InChI is InChI=1S/C12H20N2O2S2/c1-3-13-9-11-8-12(10(2)17-11)18(15,16)14-6-4-5-7-14/h8,13H,3-7,9H2,1-2H3. The number of aryl methyl sites for hydroxylation is 1. The minimum Gasteiger partial charge on any atom is -0.312 e. The van der Waals surface area contributed by atoms with E-state index in [0.717, 1.165) is 35.7 Å². The summed E-state index contributed by atoms with van der Waals surface area (Å²) in [5.41, 5.74) is 0. The van der Waals surface area contributed by atoms with Crippen molar-refractivity contribution in [2.24, 2.45) is 0 Å². The quantitative estimate of drug-likeness (QED) is 0.901. The topological polar surface area (TPSA) is 49.4 Å². The van der Waals surface area contributed by atoms with E-state index in [-0.39, 0.29) is 0 Å². The molecule has 1 aliphatic heterocycles. The molecule has 2 rings (SSSR count). The van der Waals surface area contributed by atoms with Crippen LogP contribution >= 0.6 is 11.3 Å². The van der Waals surface area contributed by atoms with Crippen molar-refractivity contribution in [3.63, 3.8) is 0 Å². The predicted molar refractivity (Wildman–Crippen MR) is 74.4 cm³/mol. The van der Waals surface area contributed by atoms with Gasteiger partial charge in [-0.05, 0) is 32.4 Å². The van der Waals surface area contributed by atoms with Crippen molar-refractivity contribution in [2.45, 2.75) is 38.1 Å². The number of nitrogens with zero attached hydrogens (tertiary/aromatic N) is 1. The molecule has 0 spiro atoms. The lowest BCUT2D eigenvalue weighted by atomic mass is 10.4. The maximum atomic E-state index is 12.5. The lowest BCUT2D eigenvalue weighted by Crippen LogP contribution is -2.27. The number of nitrogens with one attached hydrogen (secondary N) is 1. The van der Waals surface area contributed by atoms with E-state index in [1.54, 1.807) is 15.6 Å². The van der Waals surface area contributed by atoms with E-state index in [4.69, 9.17) is 0 Å². The maximum absolute atomic E-state index is 12.5. The molecule has 1 aromatic heterocycles. The summed E-state index contributed by atoms with van der Waals surface area (Å²) in [4.78, 5) is 2.49. The molecule has 1 N–H and O–H groups in total. The van der Waals surface area contributed by atoms with Crippen molar-refractivity contribution in [3.8, 4) is 0 Å². The van der Waals surface area contributed by atoms with Crippen molar-refractivity contribution in [1.29, 1.82) is 0 Å². The molecule has 1 aliphatic rings. The first-order valence-electron chi connectivity index (χ1n) is 6.36. The predicted octanol–water partition coefficient (Wildman–Crippen LogP) is 1.95. The lowest BCUT2D eigenvalue weighted by Gasteiger charge is -2.14. The van der Waals surface area contributed by atoms with Crippen LogP contribution in [0.3, 0.4) is 0 Å². The van der Waals surface area contributed by atoms with Gasteiger partial charge >= 0.3 is 0 Å². The van der Waals surface area contributed by atoms with Crippen LogP contribution in [-0.4, -0.2) is 32.4 Å². The van der Waals surface area contributed by atoms with E-state index in [9.17, 15) is 8.42 Å². The molecule has 0 bridgehead atoms. The van der Waals surface area contributed by atoms with Crippen LogP contribution < -0.4 is 5.32 Å². The van der Waals surface area contributed by atoms with Gasteiger partial charge in [0.15, 0.2) is 0 Å². The molecular formula is C12H20N2O2S2. The van der Waals surface area contributed by atoms with Crippen LogP contribution in [0.4, 0.5) is 0 Å². The Balaban J connectivity index is 2.24. The molecule has 0 atom stereocenters. The summed E-state index contributed by atoms with van der Waals surface area (Å²) in [6, 6.07) is 1.83. The van der Waals surface area contributed by atoms with E-state index in [0.29, 0.717) is 18.0 Å². The smallest absolute Gasteiger partial charge is 0.244 e. The molecule has 0 saturated carbocycles. The van der Waals surface area contributed by atoms with Gasteiger partial charge in [-0.1, -0.05) is 6.92 Å². The van der Waals surface area contributed by atoms with Crippen molar-refractivity contribution in [3.05, 3.63) is 15.8 Å². The Morgan fingerprint density at radius 1 is 1.39 bits per heavy atom. The highest BCUT2D eigenvalue weighted by Gasteiger charge is 2.29. The van der Waals surface area contributed by atoms with Crippen LogP contribution in [0.25, 0.3) is 0 Å². The van der Waals surface area contributed by atoms with Crippen LogP contribution in [0.5, 0.6) is 0 Å². The normalized spacial score (nSPS) is 17.4. The lowest BCUT2D eigenvalue weighted by molar-refractivity contribution is 0.477. The van der Waals surface area contributed by atoms with Crippen LogP contribution in [0, 0.1) is 6.92 Å². The monoisotopic (exact) mass is 288 g/mol. The molecule has 1 aromatic rings. The zero-order chi connectivity index (χ0) is 13.2. The Morgan fingerprint density at radius 2 is 2.06 bits per heavy atom. The summed E-state index contributed by atoms with van der Waals surface area (Å²) in [6.07, 6.45) is 1.96. The molecular weight excluding hydrogens is 268 g/mol. The highest BCUT2D eigenvalue weighted by molar-refractivity contribution is 7.89. The van der Waals surface area contributed by atoms with Crippen LogP contribution in [0.1, 0.15) is 29.5 Å². The van der Waals surface area contributed by atoms with E-state index >= 15 is 0 Å². The molecule has 1 saturated heterocycles. The highest BCUT2D eigenvalue weighted by Crippen LogP contribution is 2.29. The second kappa shape index (κ2) is 5.69. The van der Waals surface area contributed by atoms with Crippen molar-refractivity contribution >= 4 is 21.4 Å². The van der Waals surface area contributed by atoms with Crippen molar-refractivity contribution in [2.75, 3.05) is 19.6 Å². The molecule has 6 heteroatoms. The SMILES string of the molecule is CCNCc1cc(S(=O)(=O)N2CCCC2)c(C)s1. The van der Waals surface area contributed by atoms with Gasteiger partial charge in [-0.2, -0.15) is 4.31 Å². The van der Waals surface area contributed by atoms with Crippen LogP contribution in [0.2, 0.25) is 0 Å². The summed E-state index contributed by atoms with van der Waals surface area (Å²) in [5, 5.41) is 3.23. The van der Waals surface area contributed by atoms with Crippen LogP contribution in [-0.2, 0) is 16.6 Å². The van der Waals surface area contributed by atoms with Crippen LogP contribution in [0.15, 0.2) is 11.0 Å². The highest BCUT2D eigenvalue weighted by atomic mass is 32.2. The fourth-order valence-electron chi connectivity index (χ4n) is 2.18. The van der Waals surface area contributed by atoms with E-state index in [1.807, 2.05) is 19.9 Å². The number of thiophene rings is 1. The Kier molecular flexibility index (Phi) is 4.42.